The maximum Gasteiger partial charge on any atom is 0.274 e. The smallest absolute Gasteiger partial charge is 0.274 e. The molecule has 0 radical (unpaired) electrons. The number of hydrogen-bond donors (Lipinski definition) is 2. The lowest BCUT2D eigenvalue weighted by molar-refractivity contribution is 0.100. The number of nitrogens with one attached hydrogen (secondary N) is 2. The highest BCUT2D eigenvalue weighted by Gasteiger charge is 2.10. The third-order valence-electron chi connectivity index (χ3n) is 3.92. The molecular formula is C21H20N4O2. The van der Waals surface area contributed by atoms with Gasteiger partial charge in [-0.1, -0.05) is 18.2 Å². The monoisotopic (exact) mass is 360 g/mol. The van der Waals surface area contributed by atoms with Crippen LogP contribution in [0.25, 0.3) is 0 Å². The van der Waals surface area contributed by atoms with Crippen LogP contribution in [0.2, 0.25) is 0 Å². The number of aryl methyl sites for hydroxylation is 2. The van der Waals surface area contributed by atoms with Gasteiger partial charge in [-0.25, -0.2) is 9.97 Å². The molecule has 0 fully saturated rings. The van der Waals surface area contributed by atoms with Crippen LogP contribution in [0.15, 0.2) is 54.9 Å². The molecule has 2 aromatic carbocycles. The first-order valence-corrected chi connectivity index (χ1v) is 8.50. The summed E-state index contributed by atoms with van der Waals surface area (Å²) < 4.78 is 0. The van der Waals surface area contributed by atoms with Gasteiger partial charge in [0.2, 0.25) is 0 Å². The number of hydrogen-bond acceptors (Lipinski definition) is 5. The zero-order chi connectivity index (χ0) is 19.4. The van der Waals surface area contributed by atoms with E-state index in [1.54, 1.807) is 30.3 Å². The normalized spacial score (nSPS) is 10.3. The largest absolute Gasteiger partial charge is 0.340 e. The first kappa shape index (κ1) is 18.3. The first-order valence-electron chi connectivity index (χ1n) is 8.50. The number of anilines is 3. The van der Waals surface area contributed by atoms with Crippen LogP contribution in [0, 0.1) is 13.8 Å². The fourth-order valence-electron chi connectivity index (χ4n) is 2.76. The van der Waals surface area contributed by atoms with Gasteiger partial charge < -0.3 is 10.6 Å². The van der Waals surface area contributed by atoms with E-state index < -0.39 is 0 Å². The summed E-state index contributed by atoms with van der Waals surface area (Å²) in [6.07, 6.45) is 1.34. The van der Waals surface area contributed by atoms with Gasteiger partial charge in [0.15, 0.2) is 5.78 Å². The van der Waals surface area contributed by atoms with Crippen molar-refractivity contribution in [3.05, 3.63) is 77.2 Å². The van der Waals surface area contributed by atoms with E-state index in [1.165, 1.54) is 13.3 Å². The van der Waals surface area contributed by atoms with Gasteiger partial charge in [-0.05, 0) is 56.2 Å². The number of nitrogens with zero attached hydrogens (tertiary/aromatic N) is 2. The molecule has 0 aliphatic carbocycles. The van der Waals surface area contributed by atoms with Crippen LogP contribution in [-0.4, -0.2) is 21.7 Å². The minimum Gasteiger partial charge on any atom is -0.340 e. The van der Waals surface area contributed by atoms with Crippen molar-refractivity contribution in [2.24, 2.45) is 0 Å². The van der Waals surface area contributed by atoms with Gasteiger partial charge in [-0.2, -0.15) is 0 Å². The Morgan fingerprint density at radius 3 is 2.33 bits per heavy atom. The van der Waals surface area contributed by atoms with Crippen LogP contribution >= 0.6 is 0 Å². The molecular weight excluding hydrogens is 340 g/mol. The van der Waals surface area contributed by atoms with Crippen LogP contribution in [0.5, 0.6) is 0 Å². The average Bonchev–Trinajstić information content (AvgIpc) is 2.61. The van der Waals surface area contributed by atoms with Crippen molar-refractivity contribution in [1.29, 1.82) is 0 Å². The van der Waals surface area contributed by atoms with E-state index in [-0.39, 0.29) is 17.4 Å². The molecule has 0 saturated carbocycles. The van der Waals surface area contributed by atoms with Crippen molar-refractivity contribution in [3.63, 3.8) is 0 Å². The van der Waals surface area contributed by atoms with Crippen LogP contribution in [0.4, 0.5) is 17.2 Å². The number of Topliss-reactive ketones (excluding diaryl/α,β-unsaturated/α-hetero) is 1. The predicted octanol–water partition coefficient (Wildman–Crippen LogP) is 4.29. The van der Waals surface area contributed by atoms with Gasteiger partial charge in [-0.15, -0.1) is 0 Å². The summed E-state index contributed by atoms with van der Waals surface area (Å²) in [5.74, 6) is 0.0901. The lowest BCUT2D eigenvalue weighted by atomic mass is 10.1. The molecule has 27 heavy (non-hydrogen) atoms. The number of amides is 1. The van der Waals surface area contributed by atoms with E-state index in [1.807, 2.05) is 26.0 Å². The minimum absolute atomic E-state index is 0.0620. The third kappa shape index (κ3) is 4.76. The molecule has 0 atom stereocenters. The molecule has 0 bridgehead atoms. The van der Waals surface area contributed by atoms with Crippen LogP contribution in [0.1, 0.15) is 38.9 Å². The second-order valence-corrected chi connectivity index (χ2v) is 6.38. The summed E-state index contributed by atoms with van der Waals surface area (Å²) in [6.45, 7) is 5.52. The first-order chi connectivity index (χ1) is 12.9. The van der Waals surface area contributed by atoms with Gasteiger partial charge >= 0.3 is 0 Å². The van der Waals surface area contributed by atoms with Crippen molar-refractivity contribution in [2.75, 3.05) is 10.6 Å². The highest BCUT2D eigenvalue weighted by Crippen LogP contribution is 2.19. The third-order valence-corrected chi connectivity index (χ3v) is 3.92. The van der Waals surface area contributed by atoms with Crippen LogP contribution in [0.3, 0.4) is 0 Å². The van der Waals surface area contributed by atoms with E-state index in [0.717, 1.165) is 16.8 Å². The average molecular weight is 360 g/mol. The molecule has 6 nitrogen and oxygen atoms in total. The number of carbonyl (C=O) groups is 2. The molecule has 0 unspecified atom stereocenters. The summed E-state index contributed by atoms with van der Waals surface area (Å²) in [5.41, 5.74) is 4.46. The fourth-order valence-corrected chi connectivity index (χ4v) is 2.76. The van der Waals surface area contributed by atoms with Crippen molar-refractivity contribution >= 4 is 28.9 Å². The highest BCUT2D eigenvalue weighted by atomic mass is 16.2. The van der Waals surface area contributed by atoms with E-state index in [9.17, 15) is 9.59 Å². The standard InChI is InChI=1S/C21H20N4O2/c1-13-7-14(2)9-18(8-13)24-20-11-19(22-12-23-20)21(27)25-17-6-4-5-16(10-17)15(3)26/h4-12H,1-3H3,(H,25,27)(H,22,23,24). The van der Waals surface area contributed by atoms with Crippen LogP contribution < -0.4 is 10.6 Å². The van der Waals surface area contributed by atoms with Gasteiger partial charge in [-0.3, -0.25) is 9.59 Å². The van der Waals surface area contributed by atoms with E-state index in [4.69, 9.17) is 0 Å². The Morgan fingerprint density at radius 1 is 0.889 bits per heavy atom. The number of ketones is 1. The molecule has 0 aliphatic rings. The van der Waals surface area contributed by atoms with Crippen LogP contribution in [-0.2, 0) is 0 Å². The van der Waals surface area contributed by atoms with E-state index in [2.05, 4.69) is 26.7 Å². The fraction of sp³-hybridized carbons (Fsp3) is 0.143. The van der Waals surface area contributed by atoms with Gasteiger partial charge in [0.05, 0.1) is 0 Å². The number of carbonyl (C=O) groups excluding carboxylic acids is 2. The number of rotatable bonds is 5. The topological polar surface area (TPSA) is 84.0 Å². The molecule has 0 saturated heterocycles. The second-order valence-electron chi connectivity index (χ2n) is 6.38. The van der Waals surface area contributed by atoms with Crippen molar-refractivity contribution in [1.82, 2.24) is 9.97 Å². The zero-order valence-electron chi connectivity index (χ0n) is 15.4. The molecule has 3 rings (SSSR count). The molecule has 2 N–H and O–H groups in total. The molecule has 1 aromatic heterocycles. The maximum atomic E-state index is 12.5. The van der Waals surface area contributed by atoms with Crippen molar-refractivity contribution < 1.29 is 9.59 Å². The lowest BCUT2D eigenvalue weighted by Gasteiger charge is -2.09. The Kier molecular flexibility index (Phi) is 5.26. The molecule has 1 amide bonds. The predicted molar refractivity (Wildman–Crippen MR) is 106 cm³/mol. The molecule has 0 spiro atoms. The summed E-state index contributed by atoms with van der Waals surface area (Å²) in [6, 6.07) is 14.5. The quantitative estimate of drug-likeness (QED) is 0.663. The zero-order valence-corrected chi connectivity index (χ0v) is 15.4. The van der Waals surface area contributed by atoms with E-state index >= 15 is 0 Å². The summed E-state index contributed by atoms with van der Waals surface area (Å²) in [5, 5.41) is 5.95. The lowest BCUT2D eigenvalue weighted by Crippen LogP contribution is -2.14. The summed E-state index contributed by atoms with van der Waals surface area (Å²) in [4.78, 5) is 32.2. The van der Waals surface area contributed by atoms with Gasteiger partial charge in [0.1, 0.15) is 17.8 Å². The SMILES string of the molecule is CC(=O)c1cccc(NC(=O)c2cc(Nc3cc(C)cc(C)c3)ncn2)c1. The number of aromatic nitrogens is 2. The summed E-state index contributed by atoms with van der Waals surface area (Å²) in [7, 11) is 0. The Bertz CT molecular complexity index is 994. The van der Waals surface area contributed by atoms with E-state index in [0.29, 0.717) is 17.1 Å². The molecule has 1 heterocycles. The Labute approximate surface area is 157 Å². The molecule has 136 valence electrons. The van der Waals surface area contributed by atoms with Gasteiger partial charge in [0, 0.05) is 23.0 Å². The maximum absolute atomic E-state index is 12.5. The Morgan fingerprint density at radius 2 is 1.63 bits per heavy atom. The molecule has 3 aromatic rings. The minimum atomic E-state index is -0.374. The van der Waals surface area contributed by atoms with Crippen molar-refractivity contribution in [3.8, 4) is 0 Å². The highest BCUT2D eigenvalue weighted by molar-refractivity contribution is 6.04. The van der Waals surface area contributed by atoms with Crippen molar-refractivity contribution in [2.45, 2.75) is 20.8 Å². The molecule has 6 heteroatoms. The molecule has 0 aliphatic heterocycles. The Balaban J connectivity index is 1.77. The second kappa shape index (κ2) is 7.78. The summed E-state index contributed by atoms with van der Waals surface area (Å²) >= 11 is 0. The Hall–Kier alpha value is -3.54. The van der Waals surface area contributed by atoms with Gasteiger partial charge in [0.25, 0.3) is 5.91 Å². The number of benzene rings is 2.